The van der Waals surface area contributed by atoms with E-state index in [9.17, 15) is 4.79 Å². The van der Waals surface area contributed by atoms with E-state index in [-0.39, 0.29) is 5.41 Å². The van der Waals surface area contributed by atoms with E-state index < -0.39 is 5.97 Å². The monoisotopic (exact) mass is 223 g/mol. The summed E-state index contributed by atoms with van der Waals surface area (Å²) in [5.74, 6) is 1.34. The SMILES string of the molecule is CC12CCC3C(C1)C(C2)C3(CN)CC(=O)O. The molecule has 3 N–H and O–H groups in total. The number of carboxylic acid groups (broad SMARTS) is 1. The number of carbonyl (C=O) groups is 1. The fourth-order valence-corrected chi connectivity index (χ4v) is 5.24. The lowest BCUT2D eigenvalue weighted by Gasteiger charge is -2.59. The van der Waals surface area contributed by atoms with E-state index in [1.165, 1.54) is 25.7 Å². The Morgan fingerprint density at radius 3 is 2.81 bits per heavy atom. The van der Waals surface area contributed by atoms with Crippen LogP contribution in [0.3, 0.4) is 0 Å². The molecule has 2 bridgehead atoms. The molecule has 0 amide bonds. The van der Waals surface area contributed by atoms with Crippen molar-refractivity contribution in [3.63, 3.8) is 0 Å². The van der Waals surface area contributed by atoms with E-state index in [0.717, 1.165) is 5.92 Å². The maximum atomic E-state index is 11.1. The van der Waals surface area contributed by atoms with Crippen LogP contribution in [-0.4, -0.2) is 17.6 Å². The molecule has 0 aromatic carbocycles. The Bertz CT molecular complexity index is 343. The van der Waals surface area contributed by atoms with Gasteiger partial charge in [-0.05, 0) is 60.8 Å². The van der Waals surface area contributed by atoms with Crippen LogP contribution < -0.4 is 5.73 Å². The van der Waals surface area contributed by atoms with E-state index in [1.54, 1.807) is 0 Å². The van der Waals surface area contributed by atoms with E-state index >= 15 is 0 Å². The first kappa shape index (κ1) is 10.6. The third-order valence-electron chi connectivity index (χ3n) is 5.87. The molecule has 0 heterocycles. The summed E-state index contributed by atoms with van der Waals surface area (Å²) in [6.45, 7) is 2.95. The molecule has 5 atom stereocenters. The number of fused-ring (bicyclic) bond motifs is 1. The van der Waals surface area contributed by atoms with Gasteiger partial charge in [0.15, 0.2) is 0 Å². The molecule has 3 rings (SSSR count). The molecular weight excluding hydrogens is 202 g/mol. The van der Waals surface area contributed by atoms with Gasteiger partial charge in [-0.1, -0.05) is 6.92 Å². The number of hydrogen-bond acceptors (Lipinski definition) is 2. The van der Waals surface area contributed by atoms with Gasteiger partial charge in [-0.2, -0.15) is 0 Å². The molecule has 0 aromatic rings. The molecule has 3 nitrogen and oxygen atoms in total. The molecule has 0 aliphatic heterocycles. The first-order chi connectivity index (χ1) is 7.51. The highest BCUT2D eigenvalue weighted by Crippen LogP contribution is 2.73. The summed E-state index contributed by atoms with van der Waals surface area (Å²) in [6, 6.07) is 0. The molecule has 3 saturated carbocycles. The van der Waals surface area contributed by atoms with Crippen LogP contribution in [0.5, 0.6) is 0 Å². The largest absolute Gasteiger partial charge is 0.481 e. The maximum absolute atomic E-state index is 11.1. The quantitative estimate of drug-likeness (QED) is 0.767. The molecule has 16 heavy (non-hydrogen) atoms. The highest BCUT2D eigenvalue weighted by atomic mass is 16.4. The van der Waals surface area contributed by atoms with Crippen molar-refractivity contribution < 1.29 is 9.90 Å². The highest BCUT2D eigenvalue weighted by molar-refractivity contribution is 5.68. The molecule has 0 aromatic heterocycles. The maximum Gasteiger partial charge on any atom is 0.303 e. The fraction of sp³-hybridized carbons (Fsp3) is 0.923. The van der Waals surface area contributed by atoms with Gasteiger partial charge >= 0.3 is 5.97 Å². The third kappa shape index (κ3) is 1.10. The first-order valence-corrected chi connectivity index (χ1v) is 6.43. The van der Waals surface area contributed by atoms with Gasteiger partial charge in [0, 0.05) is 0 Å². The van der Waals surface area contributed by atoms with Crippen LogP contribution in [-0.2, 0) is 4.79 Å². The van der Waals surface area contributed by atoms with Crippen molar-refractivity contribution in [2.75, 3.05) is 6.54 Å². The zero-order valence-electron chi connectivity index (χ0n) is 9.91. The van der Waals surface area contributed by atoms with Crippen LogP contribution in [0, 0.1) is 28.6 Å². The number of aliphatic carboxylic acids is 1. The Hall–Kier alpha value is -0.570. The number of nitrogens with two attached hydrogens (primary N) is 1. The molecule has 0 radical (unpaired) electrons. The second-order valence-corrected chi connectivity index (χ2v) is 6.64. The number of hydrogen-bond donors (Lipinski definition) is 2. The van der Waals surface area contributed by atoms with Gasteiger partial charge in [-0.25, -0.2) is 0 Å². The Morgan fingerprint density at radius 2 is 2.19 bits per heavy atom. The Balaban J connectivity index is 1.90. The zero-order valence-corrected chi connectivity index (χ0v) is 9.91. The van der Waals surface area contributed by atoms with Crippen LogP contribution in [0.2, 0.25) is 0 Å². The van der Waals surface area contributed by atoms with Crippen LogP contribution in [0.25, 0.3) is 0 Å². The van der Waals surface area contributed by atoms with E-state index in [4.69, 9.17) is 10.8 Å². The second kappa shape index (κ2) is 3.00. The minimum absolute atomic E-state index is 0.0508. The zero-order chi connectivity index (χ0) is 11.6. The third-order valence-corrected chi connectivity index (χ3v) is 5.87. The predicted octanol–water partition coefficient (Wildman–Crippen LogP) is 1.86. The van der Waals surface area contributed by atoms with Gasteiger partial charge in [0.25, 0.3) is 0 Å². The molecule has 3 aliphatic carbocycles. The Morgan fingerprint density at radius 1 is 1.44 bits per heavy atom. The van der Waals surface area contributed by atoms with Crippen molar-refractivity contribution in [1.82, 2.24) is 0 Å². The second-order valence-electron chi connectivity index (χ2n) is 6.64. The summed E-state index contributed by atoms with van der Waals surface area (Å²) in [5, 5.41) is 9.10. The number of carboxylic acids is 1. The average Bonchev–Trinajstić information content (AvgIpc) is 2.37. The standard InChI is InChI=1S/C13H21NO2/c1-12-3-2-9-8(4-12)10(5-12)13(9,7-14)6-11(15)16/h8-10H,2-7,14H2,1H3,(H,15,16). The molecule has 3 fully saturated rings. The predicted molar refractivity (Wildman–Crippen MR) is 60.8 cm³/mol. The molecular formula is C13H21NO2. The fourth-order valence-electron chi connectivity index (χ4n) is 5.24. The molecule has 3 aliphatic rings. The van der Waals surface area contributed by atoms with Crippen molar-refractivity contribution in [2.45, 2.75) is 39.0 Å². The summed E-state index contributed by atoms with van der Waals surface area (Å²) in [6.07, 6.45) is 5.34. The minimum atomic E-state index is -0.663. The Kier molecular flexibility index (Phi) is 1.99. The lowest BCUT2D eigenvalue weighted by atomic mass is 9.45. The van der Waals surface area contributed by atoms with Crippen molar-refractivity contribution >= 4 is 5.97 Å². The summed E-state index contributed by atoms with van der Waals surface area (Å²) in [4.78, 5) is 11.1. The van der Waals surface area contributed by atoms with E-state index in [1.807, 2.05) is 0 Å². The van der Waals surface area contributed by atoms with E-state index in [2.05, 4.69) is 6.92 Å². The van der Waals surface area contributed by atoms with Gasteiger partial charge in [-0.3, -0.25) is 4.79 Å². The van der Waals surface area contributed by atoms with Crippen molar-refractivity contribution in [2.24, 2.45) is 34.3 Å². The van der Waals surface area contributed by atoms with Crippen LogP contribution in [0.4, 0.5) is 0 Å². The molecule has 0 spiro atoms. The molecule has 90 valence electrons. The van der Waals surface area contributed by atoms with Gasteiger partial charge < -0.3 is 10.8 Å². The van der Waals surface area contributed by atoms with Gasteiger partial charge in [0.05, 0.1) is 6.42 Å². The van der Waals surface area contributed by atoms with Crippen molar-refractivity contribution in [3.8, 4) is 0 Å². The van der Waals surface area contributed by atoms with Gasteiger partial charge in [0.1, 0.15) is 0 Å². The normalized spacial score (nSPS) is 53.5. The lowest BCUT2D eigenvalue weighted by Crippen LogP contribution is -2.59. The molecule has 0 saturated heterocycles. The van der Waals surface area contributed by atoms with Crippen LogP contribution in [0.15, 0.2) is 0 Å². The summed E-state index contributed by atoms with van der Waals surface area (Å²) < 4.78 is 0. The lowest BCUT2D eigenvalue weighted by molar-refractivity contribution is -0.156. The smallest absolute Gasteiger partial charge is 0.303 e. The summed E-state index contributed by atoms with van der Waals surface area (Å²) >= 11 is 0. The Labute approximate surface area is 96.4 Å². The molecule has 5 unspecified atom stereocenters. The number of rotatable bonds is 3. The topological polar surface area (TPSA) is 63.3 Å². The highest BCUT2D eigenvalue weighted by Gasteiger charge is 2.68. The summed E-state index contributed by atoms with van der Waals surface area (Å²) in [5.41, 5.74) is 6.39. The summed E-state index contributed by atoms with van der Waals surface area (Å²) in [7, 11) is 0. The average molecular weight is 223 g/mol. The minimum Gasteiger partial charge on any atom is -0.481 e. The van der Waals surface area contributed by atoms with Crippen LogP contribution >= 0.6 is 0 Å². The van der Waals surface area contributed by atoms with Crippen LogP contribution in [0.1, 0.15) is 39.0 Å². The first-order valence-electron chi connectivity index (χ1n) is 6.43. The van der Waals surface area contributed by atoms with Crippen molar-refractivity contribution in [1.29, 1.82) is 0 Å². The van der Waals surface area contributed by atoms with E-state index in [0.29, 0.717) is 30.2 Å². The van der Waals surface area contributed by atoms with Crippen molar-refractivity contribution in [3.05, 3.63) is 0 Å². The molecule has 3 heteroatoms. The van der Waals surface area contributed by atoms with Gasteiger partial charge in [-0.15, -0.1) is 0 Å². The van der Waals surface area contributed by atoms with Gasteiger partial charge in [0.2, 0.25) is 0 Å².